The van der Waals surface area contributed by atoms with E-state index >= 15 is 0 Å². The molecule has 0 radical (unpaired) electrons. The Morgan fingerprint density at radius 3 is 2.59 bits per heavy atom. The zero-order valence-electron chi connectivity index (χ0n) is 15.7. The Kier molecular flexibility index (Phi) is 5.86. The summed E-state index contributed by atoms with van der Waals surface area (Å²) >= 11 is 0. The molecule has 140 valence electrons. The number of ether oxygens (including phenoxy) is 2. The quantitative estimate of drug-likeness (QED) is 0.588. The third kappa shape index (κ3) is 4.94. The van der Waals surface area contributed by atoms with Crippen LogP contribution in [0.5, 0.6) is 5.75 Å². The van der Waals surface area contributed by atoms with E-state index in [1.165, 1.54) is 5.56 Å². The molecule has 3 rings (SSSR count). The van der Waals surface area contributed by atoms with Crippen molar-refractivity contribution in [3.05, 3.63) is 65.0 Å². The van der Waals surface area contributed by atoms with Gasteiger partial charge >= 0.3 is 5.97 Å². The van der Waals surface area contributed by atoms with Gasteiger partial charge in [0.25, 0.3) is 5.89 Å². The summed E-state index contributed by atoms with van der Waals surface area (Å²) in [5.74, 6) is 0.870. The second-order valence-electron chi connectivity index (χ2n) is 6.28. The Balaban J connectivity index is 1.51. The lowest BCUT2D eigenvalue weighted by Crippen LogP contribution is -2.15. The molecule has 0 aliphatic carbocycles. The zero-order chi connectivity index (χ0) is 19.2. The van der Waals surface area contributed by atoms with Gasteiger partial charge in [0.05, 0.1) is 0 Å². The number of carbonyl (C=O) groups excluding carboxylic acids is 1. The topological polar surface area (TPSA) is 74.5 Å². The number of hydrogen-bond acceptors (Lipinski definition) is 6. The number of esters is 1. The number of rotatable bonds is 7. The van der Waals surface area contributed by atoms with Crippen molar-refractivity contribution in [2.45, 2.75) is 33.8 Å². The van der Waals surface area contributed by atoms with Crippen molar-refractivity contribution in [3.63, 3.8) is 0 Å². The number of aryl methyl sites for hydroxylation is 3. The van der Waals surface area contributed by atoms with Crippen molar-refractivity contribution in [1.82, 2.24) is 10.1 Å². The summed E-state index contributed by atoms with van der Waals surface area (Å²) in [6, 6.07) is 13.7. The van der Waals surface area contributed by atoms with Crippen LogP contribution in [0.25, 0.3) is 11.4 Å². The van der Waals surface area contributed by atoms with Gasteiger partial charge in [0.1, 0.15) is 5.75 Å². The minimum atomic E-state index is -0.498. The summed E-state index contributed by atoms with van der Waals surface area (Å²) < 4.78 is 15.8. The van der Waals surface area contributed by atoms with Gasteiger partial charge in [0.15, 0.2) is 13.2 Å². The van der Waals surface area contributed by atoms with E-state index in [2.05, 4.69) is 17.1 Å². The largest absolute Gasteiger partial charge is 0.482 e. The molecular formula is C21H22N2O4. The molecule has 0 unspecified atom stereocenters. The van der Waals surface area contributed by atoms with E-state index in [0.29, 0.717) is 11.6 Å². The number of benzene rings is 2. The zero-order valence-corrected chi connectivity index (χ0v) is 15.7. The first-order valence-corrected chi connectivity index (χ1v) is 8.82. The monoisotopic (exact) mass is 366 g/mol. The SMILES string of the molecule is CCc1ccc(-c2noc(COC(=O)COc3ccc(C)cc3C)n2)cc1. The Morgan fingerprint density at radius 2 is 1.89 bits per heavy atom. The maximum Gasteiger partial charge on any atom is 0.344 e. The van der Waals surface area contributed by atoms with Crippen LogP contribution in [0, 0.1) is 13.8 Å². The fourth-order valence-electron chi connectivity index (χ4n) is 2.60. The average molecular weight is 366 g/mol. The minimum absolute atomic E-state index is 0.0882. The summed E-state index contributed by atoms with van der Waals surface area (Å²) in [5, 5.41) is 3.92. The highest BCUT2D eigenvalue weighted by atomic mass is 16.6. The molecule has 6 heteroatoms. The molecule has 6 nitrogen and oxygen atoms in total. The molecule has 0 atom stereocenters. The van der Waals surface area contributed by atoms with Gasteiger partial charge < -0.3 is 14.0 Å². The molecule has 0 saturated heterocycles. The molecule has 0 aliphatic heterocycles. The van der Waals surface area contributed by atoms with Crippen molar-refractivity contribution in [1.29, 1.82) is 0 Å². The van der Waals surface area contributed by atoms with Gasteiger partial charge in [0, 0.05) is 5.56 Å². The van der Waals surface area contributed by atoms with Gasteiger partial charge in [-0.05, 0) is 37.5 Å². The van der Waals surface area contributed by atoms with E-state index in [0.717, 1.165) is 23.1 Å². The normalized spacial score (nSPS) is 10.6. The van der Waals surface area contributed by atoms with Crippen LogP contribution in [0.4, 0.5) is 0 Å². The van der Waals surface area contributed by atoms with Crippen LogP contribution in [0.2, 0.25) is 0 Å². The first-order valence-electron chi connectivity index (χ1n) is 8.82. The fraction of sp³-hybridized carbons (Fsp3) is 0.286. The number of carbonyl (C=O) groups is 1. The molecule has 0 fully saturated rings. The molecule has 1 aromatic heterocycles. The molecule has 3 aromatic rings. The first-order chi connectivity index (χ1) is 13.0. The van der Waals surface area contributed by atoms with Crippen molar-refractivity contribution in [2.24, 2.45) is 0 Å². The lowest BCUT2D eigenvalue weighted by molar-refractivity contribution is -0.148. The lowest BCUT2D eigenvalue weighted by atomic mass is 10.1. The van der Waals surface area contributed by atoms with Crippen molar-refractivity contribution >= 4 is 5.97 Å². The van der Waals surface area contributed by atoms with Crippen molar-refractivity contribution in [3.8, 4) is 17.1 Å². The van der Waals surface area contributed by atoms with Crippen LogP contribution in [0.15, 0.2) is 47.0 Å². The fourth-order valence-corrected chi connectivity index (χ4v) is 2.60. The van der Waals surface area contributed by atoms with E-state index in [1.54, 1.807) is 0 Å². The van der Waals surface area contributed by atoms with E-state index in [4.69, 9.17) is 14.0 Å². The Labute approximate surface area is 158 Å². The maximum absolute atomic E-state index is 11.9. The molecule has 0 saturated carbocycles. The Bertz CT molecular complexity index is 916. The van der Waals surface area contributed by atoms with Gasteiger partial charge in [-0.15, -0.1) is 0 Å². The maximum atomic E-state index is 11.9. The third-order valence-corrected chi connectivity index (χ3v) is 4.12. The summed E-state index contributed by atoms with van der Waals surface area (Å²) in [4.78, 5) is 16.1. The van der Waals surface area contributed by atoms with E-state index < -0.39 is 5.97 Å². The van der Waals surface area contributed by atoms with Gasteiger partial charge in [-0.2, -0.15) is 4.98 Å². The average Bonchev–Trinajstić information content (AvgIpc) is 3.15. The highest BCUT2D eigenvalue weighted by molar-refractivity contribution is 5.71. The number of nitrogens with zero attached hydrogens (tertiary/aromatic N) is 2. The van der Waals surface area contributed by atoms with E-state index in [-0.39, 0.29) is 19.1 Å². The second kappa shape index (κ2) is 8.49. The van der Waals surface area contributed by atoms with Crippen LogP contribution >= 0.6 is 0 Å². The summed E-state index contributed by atoms with van der Waals surface area (Å²) in [6.45, 7) is 5.76. The molecule has 0 N–H and O–H groups in total. The smallest absolute Gasteiger partial charge is 0.344 e. The van der Waals surface area contributed by atoms with Gasteiger partial charge in [-0.3, -0.25) is 0 Å². The Morgan fingerprint density at radius 1 is 1.11 bits per heavy atom. The highest BCUT2D eigenvalue weighted by Gasteiger charge is 2.12. The number of hydrogen-bond donors (Lipinski definition) is 0. The summed E-state index contributed by atoms with van der Waals surface area (Å²) in [7, 11) is 0. The molecule has 0 spiro atoms. The summed E-state index contributed by atoms with van der Waals surface area (Å²) in [6.07, 6.45) is 0.970. The van der Waals surface area contributed by atoms with E-state index in [9.17, 15) is 4.79 Å². The molecule has 2 aromatic carbocycles. The number of aromatic nitrogens is 2. The van der Waals surface area contributed by atoms with Crippen LogP contribution in [0.1, 0.15) is 29.5 Å². The van der Waals surface area contributed by atoms with Gasteiger partial charge in [-0.25, -0.2) is 4.79 Å². The van der Waals surface area contributed by atoms with Gasteiger partial charge in [-0.1, -0.05) is 54.0 Å². The van der Waals surface area contributed by atoms with Crippen molar-refractivity contribution < 1.29 is 18.8 Å². The predicted molar refractivity (Wildman–Crippen MR) is 100 cm³/mol. The predicted octanol–water partition coefficient (Wildman–Crippen LogP) is 4.04. The van der Waals surface area contributed by atoms with Gasteiger partial charge in [0.2, 0.25) is 5.82 Å². The third-order valence-electron chi connectivity index (χ3n) is 4.12. The minimum Gasteiger partial charge on any atom is -0.482 e. The molecule has 0 bridgehead atoms. The van der Waals surface area contributed by atoms with Crippen LogP contribution in [0.3, 0.4) is 0 Å². The molecule has 0 amide bonds. The van der Waals surface area contributed by atoms with Crippen LogP contribution in [-0.4, -0.2) is 22.7 Å². The van der Waals surface area contributed by atoms with Crippen LogP contribution in [-0.2, 0) is 22.6 Å². The molecule has 27 heavy (non-hydrogen) atoms. The Hall–Kier alpha value is -3.15. The highest BCUT2D eigenvalue weighted by Crippen LogP contribution is 2.19. The van der Waals surface area contributed by atoms with E-state index in [1.807, 2.05) is 56.3 Å². The molecule has 0 aliphatic rings. The lowest BCUT2D eigenvalue weighted by Gasteiger charge is -2.09. The summed E-state index contributed by atoms with van der Waals surface area (Å²) in [5.41, 5.74) is 4.20. The standard InChI is InChI=1S/C21H22N2O4/c1-4-16-6-8-17(9-7-16)21-22-19(27-23-21)12-26-20(24)13-25-18-10-5-14(2)11-15(18)3/h5-11H,4,12-13H2,1-3H3. The van der Waals surface area contributed by atoms with Crippen LogP contribution < -0.4 is 4.74 Å². The second-order valence-corrected chi connectivity index (χ2v) is 6.28. The molecule has 1 heterocycles. The molecular weight excluding hydrogens is 344 g/mol. The first kappa shape index (κ1) is 18.6. The van der Waals surface area contributed by atoms with Crippen molar-refractivity contribution in [2.75, 3.05) is 6.61 Å².